The van der Waals surface area contributed by atoms with Gasteiger partial charge in [0.2, 0.25) is 17.7 Å². The molecule has 0 unspecified atom stereocenters. The van der Waals surface area contributed by atoms with Crippen molar-refractivity contribution in [2.45, 2.75) is 40.0 Å². The first-order valence-electron chi connectivity index (χ1n) is 9.96. The lowest BCUT2D eigenvalue weighted by atomic mass is 10.1. The number of nitrogens with zero attached hydrogens (tertiary/aromatic N) is 3. The summed E-state index contributed by atoms with van der Waals surface area (Å²) >= 11 is 0. The van der Waals surface area contributed by atoms with Gasteiger partial charge in [-0.3, -0.25) is 28.8 Å². The largest absolute Gasteiger partial charge is 0.275 e. The Kier molecular flexibility index (Phi) is 4.70. The van der Waals surface area contributed by atoms with Gasteiger partial charge in [0, 0.05) is 24.6 Å². The molecule has 6 nitrogen and oxygen atoms in total. The predicted octanol–water partition coefficient (Wildman–Crippen LogP) is 5.15. The maximum absolute atomic E-state index is 13.1. The Hall–Kier alpha value is -3.41. The van der Waals surface area contributed by atoms with Crippen molar-refractivity contribution >= 4 is 51.5 Å². The van der Waals surface area contributed by atoms with Gasteiger partial charge in [0.25, 0.3) is 0 Å². The fourth-order valence-electron chi connectivity index (χ4n) is 3.95. The van der Waals surface area contributed by atoms with Crippen LogP contribution in [0.5, 0.6) is 0 Å². The summed E-state index contributed by atoms with van der Waals surface area (Å²) in [5, 5.41) is 0.773. The predicted molar refractivity (Wildman–Crippen MR) is 114 cm³/mol. The van der Waals surface area contributed by atoms with E-state index < -0.39 is 0 Å². The van der Waals surface area contributed by atoms with E-state index >= 15 is 0 Å². The summed E-state index contributed by atoms with van der Waals surface area (Å²) in [7, 11) is 0. The van der Waals surface area contributed by atoms with Crippen LogP contribution < -0.4 is 9.80 Å². The van der Waals surface area contributed by atoms with Crippen molar-refractivity contribution in [1.82, 2.24) is 4.57 Å². The van der Waals surface area contributed by atoms with Crippen LogP contribution >= 0.6 is 0 Å². The van der Waals surface area contributed by atoms with Crippen LogP contribution in [0.3, 0.4) is 0 Å². The summed E-state index contributed by atoms with van der Waals surface area (Å²) in [5.74, 6) is 0.106. The zero-order valence-electron chi connectivity index (χ0n) is 16.8. The molecule has 1 aliphatic rings. The summed E-state index contributed by atoms with van der Waals surface area (Å²) < 4.78 is 1.59. The zero-order valence-corrected chi connectivity index (χ0v) is 16.8. The van der Waals surface area contributed by atoms with Crippen molar-refractivity contribution in [3.63, 3.8) is 0 Å². The van der Waals surface area contributed by atoms with Gasteiger partial charge in [-0.05, 0) is 18.2 Å². The molecule has 1 aromatic heterocycles. The minimum Gasteiger partial charge on any atom is -0.275 e. The van der Waals surface area contributed by atoms with Crippen LogP contribution in [0, 0.1) is 0 Å². The molecule has 0 N–H and O–H groups in total. The number of aromatic nitrogens is 1. The number of carbonyl (C=O) groups is 3. The standard InChI is InChI=1S/C23H23N3O3/c1-4-19(27)24-17-13-9-10-14-18(17)26(21(29)6-3)23-22(24)15-11-7-8-12-16(15)25(23)20(28)5-2/h7-14H,4-6H2,1-3H3. The number of para-hydroxylation sites is 3. The molecule has 0 aliphatic carbocycles. The topological polar surface area (TPSA) is 62.6 Å². The first kappa shape index (κ1) is 18.9. The van der Waals surface area contributed by atoms with Crippen molar-refractivity contribution in [1.29, 1.82) is 0 Å². The molecule has 0 bridgehead atoms. The first-order valence-corrected chi connectivity index (χ1v) is 9.96. The summed E-state index contributed by atoms with van der Waals surface area (Å²) in [5.41, 5.74) is 2.55. The molecule has 6 heteroatoms. The second kappa shape index (κ2) is 7.20. The average molecular weight is 389 g/mol. The number of anilines is 4. The molecule has 2 amide bonds. The molecule has 4 rings (SSSR count). The van der Waals surface area contributed by atoms with Crippen molar-refractivity contribution in [2.24, 2.45) is 0 Å². The number of hydrogen-bond acceptors (Lipinski definition) is 3. The maximum atomic E-state index is 13.1. The molecule has 3 aromatic rings. The Morgan fingerprint density at radius 2 is 1.21 bits per heavy atom. The molecule has 2 heterocycles. The molecule has 0 atom stereocenters. The van der Waals surface area contributed by atoms with Gasteiger partial charge in [0.15, 0.2) is 5.82 Å². The van der Waals surface area contributed by atoms with Crippen molar-refractivity contribution in [3.8, 4) is 0 Å². The minimum absolute atomic E-state index is 0.0888. The second-order valence-electron chi connectivity index (χ2n) is 6.93. The van der Waals surface area contributed by atoms with Crippen LogP contribution in [0.4, 0.5) is 22.9 Å². The molecular weight excluding hydrogens is 366 g/mol. The quantitative estimate of drug-likeness (QED) is 0.622. The highest BCUT2D eigenvalue weighted by Gasteiger charge is 2.39. The summed E-state index contributed by atoms with van der Waals surface area (Å²) in [6.07, 6.45) is 0.858. The van der Waals surface area contributed by atoms with Gasteiger partial charge in [-0.1, -0.05) is 51.1 Å². The molecule has 0 radical (unpaired) electrons. The zero-order chi connectivity index (χ0) is 20.7. The summed E-state index contributed by atoms with van der Waals surface area (Å²) in [4.78, 5) is 42.4. The maximum Gasteiger partial charge on any atom is 0.232 e. The molecule has 0 spiro atoms. The summed E-state index contributed by atoms with van der Waals surface area (Å²) in [6, 6.07) is 14.8. The van der Waals surface area contributed by atoms with Crippen LogP contribution in [0.15, 0.2) is 48.5 Å². The lowest BCUT2D eigenvalue weighted by Crippen LogP contribution is -2.37. The van der Waals surface area contributed by atoms with Gasteiger partial charge >= 0.3 is 0 Å². The highest BCUT2D eigenvalue weighted by Crippen LogP contribution is 2.52. The Balaban J connectivity index is 2.19. The van der Waals surface area contributed by atoms with Crippen LogP contribution in [-0.2, 0) is 9.59 Å². The third-order valence-electron chi connectivity index (χ3n) is 5.28. The third-order valence-corrected chi connectivity index (χ3v) is 5.28. The lowest BCUT2D eigenvalue weighted by molar-refractivity contribution is -0.118. The van der Waals surface area contributed by atoms with E-state index in [2.05, 4.69) is 0 Å². The van der Waals surface area contributed by atoms with E-state index in [0.29, 0.717) is 34.8 Å². The monoisotopic (exact) mass is 389 g/mol. The Bertz CT molecular complexity index is 1150. The first-order chi connectivity index (χ1) is 14.0. The van der Waals surface area contributed by atoms with E-state index in [-0.39, 0.29) is 30.6 Å². The number of rotatable bonds is 3. The highest BCUT2D eigenvalue weighted by atomic mass is 16.2. The average Bonchev–Trinajstić information content (AvgIpc) is 3.10. The van der Waals surface area contributed by atoms with E-state index in [4.69, 9.17) is 0 Å². The van der Waals surface area contributed by atoms with Crippen LogP contribution in [0.1, 0.15) is 44.8 Å². The molecule has 1 aliphatic heterocycles. The molecule has 2 aromatic carbocycles. The molecule has 148 valence electrons. The van der Waals surface area contributed by atoms with Gasteiger partial charge in [0.1, 0.15) is 5.69 Å². The third kappa shape index (κ3) is 2.67. The molecule has 29 heavy (non-hydrogen) atoms. The Labute approximate surface area is 169 Å². The van der Waals surface area contributed by atoms with Crippen molar-refractivity contribution in [2.75, 3.05) is 9.80 Å². The highest BCUT2D eigenvalue weighted by molar-refractivity contribution is 6.23. The molecule has 0 saturated heterocycles. The van der Waals surface area contributed by atoms with Crippen LogP contribution in [0.2, 0.25) is 0 Å². The van der Waals surface area contributed by atoms with E-state index in [9.17, 15) is 14.4 Å². The number of carbonyl (C=O) groups excluding carboxylic acids is 3. The molecule has 0 saturated carbocycles. The number of fused-ring (bicyclic) bond motifs is 4. The van der Waals surface area contributed by atoms with Crippen molar-refractivity contribution in [3.05, 3.63) is 48.5 Å². The fraction of sp³-hybridized carbons (Fsp3) is 0.261. The van der Waals surface area contributed by atoms with Gasteiger partial charge in [-0.25, -0.2) is 0 Å². The van der Waals surface area contributed by atoms with Gasteiger partial charge in [0.05, 0.1) is 16.9 Å². The lowest BCUT2D eigenvalue weighted by Gasteiger charge is -2.37. The number of benzene rings is 2. The molecular formula is C23H23N3O3. The van der Waals surface area contributed by atoms with Crippen LogP contribution in [-0.4, -0.2) is 22.3 Å². The Morgan fingerprint density at radius 1 is 0.690 bits per heavy atom. The Morgan fingerprint density at radius 3 is 1.83 bits per heavy atom. The summed E-state index contributed by atoms with van der Waals surface area (Å²) in [6.45, 7) is 5.40. The van der Waals surface area contributed by atoms with E-state index in [1.807, 2.05) is 55.5 Å². The van der Waals surface area contributed by atoms with Crippen molar-refractivity contribution < 1.29 is 14.4 Å². The minimum atomic E-state index is -0.129. The number of hydrogen-bond donors (Lipinski definition) is 0. The van der Waals surface area contributed by atoms with Crippen LogP contribution in [0.25, 0.3) is 10.9 Å². The molecule has 0 fully saturated rings. The van der Waals surface area contributed by atoms with E-state index in [1.165, 1.54) is 0 Å². The number of amides is 2. The normalized spacial score (nSPS) is 12.7. The second-order valence-corrected chi connectivity index (χ2v) is 6.93. The SMILES string of the molecule is CCC(=O)N1c2ccccc2N(C(=O)CC)c2c1c1ccccc1n2C(=O)CC. The smallest absolute Gasteiger partial charge is 0.232 e. The van der Waals surface area contributed by atoms with Gasteiger partial charge < -0.3 is 0 Å². The van der Waals surface area contributed by atoms with E-state index in [1.54, 1.807) is 28.2 Å². The fourth-order valence-corrected chi connectivity index (χ4v) is 3.95. The van der Waals surface area contributed by atoms with Gasteiger partial charge in [-0.2, -0.15) is 0 Å². The van der Waals surface area contributed by atoms with E-state index in [0.717, 1.165) is 5.39 Å². The van der Waals surface area contributed by atoms with Gasteiger partial charge in [-0.15, -0.1) is 0 Å².